The van der Waals surface area contributed by atoms with Crippen LogP contribution in [0.4, 0.5) is 0 Å². The van der Waals surface area contributed by atoms with E-state index in [1.165, 1.54) is 0 Å². The Bertz CT molecular complexity index is 542. The van der Waals surface area contributed by atoms with Gasteiger partial charge < -0.3 is 9.47 Å². The number of nitrogens with zero attached hydrogens (tertiary/aromatic N) is 3. The third-order valence-corrected chi connectivity index (χ3v) is 2.62. The number of methoxy groups -OCH3 is 2. The van der Waals surface area contributed by atoms with Crippen LogP contribution in [-0.2, 0) is 20.8 Å². The van der Waals surface area contributed by atoms with Crippen LogP contribution in [0, 0.1) is 5.41 Å². The highest BCUT2D eigenvalue weighted by Gasteiger charge is 2.30. The van der Waals surface area contributed by atoms with Crippen LogP contribution < -0.4 is 0 Å². The summed E-state index contributed by atoms with van der Waals surface area (Å²) in [5.74, 6) is -1.79. The predicted octanol–water partition coefficient (Wildman–Crippen LogP) is 0.466. The molecule has 0 aliphatic carbocycles. The van der Waals surface area contributed by atoms with Gasteiger partial charge in [-0.2, -0.15) is 0 Å². The molecule has 0 bridgehead atoms. The Hall–Kier alpha value is -2.25. The lowest BCUT2D eigenvalue weighted by atomic mass is 9.91. The van der Waals surface area contributed by atoms with Gasteiger partial charge >= 0.3 is 11.9 Å². The van der Waals surface area contributed by atoms with E-state index in [9.17, 15) is 14.4 Å². The fraction of sp³-hybridized carbons (Fsp3) is 0.583. The summed E-state index contributed by atoms with van der Waals surface area (Å²) < 4.78 is 10.1. The topological polar surface area (TPSA) is 100 Å². The van der Waals surface area contributed by atoms with Crippen LogP contribution in [0.1, 0.15) is 41.7 Å². The number of hydrogen-bond acceptors (Lipinski definition) is 7. The maximum Gasteiger partial charge on any atom is 0.361 e. The predicted molar refractivity (Wildman–Crippen MR) is 67.2 cm³/mol. The van der Waals surface area contributed by atoms with Gasteiger partial charge in [0.05, 0.1) is 14.2 Å². The summed E-state index contributed by atoms with van der Waals surface area (Å²) in [4.78, 5) is 35.2. The van der Waals surface area contributed by atoms with Crippen LogP contribution in [0.25, 0.3) is 0 Å². The quantitative estimate of drug-likeness (QED) is 0.740. The van der Waals surface area contributed by atoms with Crippen LogP contribution in [0.2, 0.25) is 0 Å². The van der Waals surface area contributed by atoms with Gasteiger partial charge in [0.2, 0.25) is 5.69 Å². The zero-order valence-electron chi connectivity index (χ0n) is 12.1. The second kappa shape index (κ2) is 5.81. The first kappa shape index (κ1) is 15.8. The van der Waals surface area contributed by atoms with Crippen molar-refractivity contribution in [1.29, 1.82) is 0 Å². The number of ether oxygens (including phenoxy) is 2. The molecular weight excluding hydrogens is 266 g/mol. The number of aromatic nitrogens is 3. The summed E-state index contributed by atoms with van der Waals surface area (Å²) in [6, 6.07) is 0. The summed E-state index contributed by atoms with van der Waals surface area (Å²) in [6.45, 7) is 5.04. The molecule has 0 saturated carbocycles. The van der Waals surface area contributed by atoms with Gasteiger partial charge in [0.25, 0.3) is 0 Å². The standard InChI is InChI=1S/C12H17N3O5/c1-12(2,3)7(16)6-15-9(11(18)20-5)8(13-14-15)10(17)19-4/h6H2,1-5H3. The van der Waals surface area contributed by atoms with Crippen molar-refractivity contribution in [3.63, 3.8) is 0 Å². The Morgan fingerprint density at radius 1 is 1.10 bits per heavy atom. The van der Waals surface area contributed by atoms with E-state index in [-0.39, 0.29) is 23.7 Å². The highest BCUT2D eigenvalue weighted by atomic mass is 16.5. The van der Waals surface area contributed by atoms with E-state index in [1.807, 2.05) is 0 Å². The number of esters is 2. The molecular formula is C12H17N3O5. The van der Waals surface area contributed by atoms with Gasteiger partial charge in [-0.1, -0.05) is 26.0 Å². The molecule has 1 aromatic rings. The number of ketones is 1. The van der Waals surface area contributed by atoms with Gasteiger partial charge in [-0.3, -0.25) is 4.79 Å². The number of carbonyl (C=O) groups excluding carboxylic acids is 3. The fourth-order valence-corrected chi connectivity index (χ4v) is 1.33. The van der Waals surface area contributed by atoms with E-state index in [0.717, 1.165) is 18.9 Å². The third kappa shape index (κ3) is 3.19. The maximum absolute atomic E-state index is 12.0. The van der Waals surface area contributed by atoms with E-state index in [4.69, 9.17) is 0 Å². The molecule has 8 nitrogen and oxygen atoms in total. The van der Waals surface area contributed by atoms with E-state index in [0.29, 0.717) is 0 Å². The van der Waals surface area contributed by atoms with Crippen molar-refractivity contribution >= 4 is 17.7 Å². The van der Waals surface area contributed by atoms with Crippen LogP contribution >= 0.6 is 0 Å². The number of carbonyl (C=O) groups is 3. The van der Waals surface area contributed by atoms with E-state index in [1.54, 1.807) is 20.8 Å². The second-order valence-corrected chi connectivity index (χ2v) is 5.10. The molecule has 0 aliphatic heterocycles. The molecule has 0 atom stereocenters. The van der Waals surface area contributed by atoms with Crippen LogP contribution in [0.5, 0.6) is 0 Å². The van der Waals surface area contributed by atoms with E-state index in [2.05, 4.69) is 19.8 Å². The molecule has 0 unspecified atom stereocenters. The first-order valence-corrected chi connectivity index (χ1v) is 5.85. The van der Waals surface area contributed by atoms with E-state index < -0.39 is 17.4 Å². The Labute approximate surface area is 116 Å². The molecule has 0 aliphatic rings. The minimum Gasteiger partial charge on any atom is -0.464 e. The normalized spacial score (nSPS) is 11.1. The molecule has 0 fully saturated rings. The van der Waals surface area contributed by atoms with Crippen molar-refractivity contribution in [3.8, 4) is 0 Å². The summed E-state index contributed by atoms with van der Waals surface area (Å²) in [6.07, 6.45) is 0. The third-order valence-electron chi connectivity index (χ3n) is 2.62. The molecule has 8 heteroatoms. The summed E-state index contributed by atoms with van der Waals surface area (Å²) in [5, 5.41) is 7.23. The first-order valence-electron chi connectivity index (χ1n) is 5.85. The van der Waals surface area contributed by atoms with Gasteiger partial charge in [0.15, 0.2) is 11.5 Å². The molecule has 0 N–H and O–H groups in total. The van der Waals surface area contributed by atoms with Crippen molar-refractivity contribution in [1.82, 2.24) is 15.0 Å². The molecule has 1 rings (SSSR count). The van der Waals surface area contributed by atoms with E-state index >= 15 is 0 Å². The molecule has 0 saturated heterocycles. The summed E-state index contributed by atoms with van der Waals surface area (Å²) >= 11 is 0. The van der Waals surface area contributed by atoms with Crippen LogP contribution in [-0.4, -0.2) is 46.9 Å². The molecule has 0 radical (unpaired) electrons. The molecule has 1 aromatic heterocycles. The highest BCUT2D eigenvalue weighted by molar-refractivity contribution is 6.00. The average molecular weight is 283 g/mol. The molecule has 110 valence electrons. The minimum atomic E-state index is -0.820. The summed E-state index contributed by atoms with van der Waals surface area (Å²) in [7, 11) is 2.31. The smallest absolute Gasteiger partial charge is 0.361 e. The van der Waals surface area contributed by atoms with Crippen molar-refractivity contribution < 1.29 is 23.9 Å². The number of rotatable bonds is 4. The highest BCUT2D eigenvalue weighted by Crippen LogP contribution is 2.17. The van der Waals surface area contributed by atoms with Gasteiger partial charge in [-0.15, -0.1) is 5.10 Å². The van der Waals surface area contributed by atoms with Gasteiger partial charge in [0.1, 0.15) is 6.54 Å². The van der Waals surface area contributed by atoms with Crippen molar-refractivity contribution in [2.24, 2.45) is 5.41 Å². The van der Waals surface area contributed by atoms with Crippen molar-refractivity contribution in [3.05, 3.63) is 11.4 Å². The van der Waals surface area contributed by atoms with Crippen molar-refractivity contribution in [2.45, 2.75) is 27.3 Å². The fourth-order valence-electron chi connectivity index (χ4n) is 1.33. The Balaban J connectivity index is 3.21. The zero-order chi connectivity index (χ0) is 15.5. The van der Waals surface area contributed by atoms with Crippen LogP contribution in [0.15, 0.2) is 0 Å². The SMILES string of the molecule is COC(=O)c1nnn(CC(=O)C(C)(C)C)c1C(=O)OC. The average Bonchev–Trinajstić information content (AvgIpc) is 2.79. The Kier molecular flexibility index (Phi) is 4.59. The minimum absolute atomic E-state index is 0.163. The molecule has 20 heavy (non-hydrogen) atoms. The maximum atomic E-state index is 12.0. The zero-order valence-corrected chi connectivity index (χ0v) is 12.1. The molecule has 0 aromatic carbocycles. The second-order valence-electron chi connectivity index (χ2n) is 5.10. The lowest BCUT2D eigenvalue weighted by Gasteiger charge is -2.16. The number of hydrogen-bond donors (Lipinski definition) is 0. The molecule has 0 spiro atoms. The molecule has 1 heterocycles. The van der Waals surface area contributed by atoms with Crippen LogP contribution in [0.3, 0.4) is 0 Å². The lowest BCUT2D eigenvalue weighted by molar-refractivity contribution is -0.127. The summed E-state index contributed by atoms with van der Waals surface area (Å²) in [5.41, 5.74) is -1.08. The Morgan fingerprint density at radius 2 is 1.65 bits per heavy atom. The number of Topliss-reactive ketones (excluding diaryl/α,β-unsaturated/α-hetero) is 1. The Morgan fingerprint density at radius 3 is 2.10 bits per heavy atom. The monoisotopic (exact) mass is 283 g/mol. The van der Waals surface area contributed by atoms with Crippen molar-refractivity contribution in [2.75, 3.05) is 14.2 Å². The van der Waals surface area contributed by atoms with Gasteiger partial charge in [-0.05, 0) is 0 Å². The largest absolute Gasteiger partial charge is 0.464 e. The van der Waals surface area contributed by atoms with Gasteiger partial charge in [0, 0.05) is 5.41 Å². The first-order chi connectivity index (χ1) is 9.22. The molecule has 0 amide bonds. The van der Waals surface area contributed by atoms with Gasteiger partial charge in [-0.25, -0.2) is 14.3 Å². The lowest BCUT2D eigenvalue weighted by Crippen LogP contribution is -2.27.